The van der Waals surface area contributed by atoms with Crippen LogP contribution in [-0.2, 0) is 4.74 Å². The molecule has 1 fully saturated rings. The molecule has 1 atom stereocenters. The van der Waals surface area contributed by atoms with Crippen LogP contribution in [0.3, 0.4) is 0 Å². The van der Waals surface area contributed by atoms with Crippen LogP contribution in [0.25, 0.3) is 0 Å². The molecule has 128 valence electrons. The van der Waals surface area contributed by atoms with E-state index in [2.05, 4.69) is 10.6 Å². The summed E-state index contributed by atoms with van der Waals surface area (Å²) in [6.07, 6.45) is 0.982. The minimum atomic E-state index is -0.150. The number of anilines is 1. The van der Waals surface area contributed by atoms with Crippen molar-refractivity contribution in [3.05, 3.63) is 53.6 Å². The maximum Gasteiger partial charge on any atom is 0.256 e. The van der Waals surface area contributed by atoms with Crippen LogP contribution in [0.15, 0.2) is 52.3 Å². The van der Waals surface area contributed by atoms with Gasteiger partial charge in [-0.2, -0.15) is 0 Å². The van der Waals surface area contributed by atoms with Gasteiger partial charge in [0.1, 0.15) is 0 Å². The van der Waals surface area contributed by atoms with Gasteiger partial charge in [0.25, 0.3) is 11.8 Å². The van der Waals surface area contributed by atoms with Crippen molar-refractivity contribution >= 4 is 29.3 Å². The molecule has 25 heavy (non-hydrogen) atoms. The third kappa shape index (κ3) is 3.41. The van der Waals surface area contributed by atoms with Gasteiger partial charge in [-0.25, -0.2) is 0 Å². The number of amides is 2. The number of carbonyl (C=O) groups is 2. The molecule has 0 radical (unpaired) electrons. The van der Waals surface area contributed by atoms with Crippen LogP contribution < -0.4 is 10.6 Å². The molecule has 1 unspecified atom stereocenters. The molecule has 5 nitrogen and oxygen atoms in total. The molecule has 2 amide bonds. The highest BCUT2D eigenvalue weighted by molar-refractivity contribution is 7.99. The molecule has 0 aliphatic carbocycles. The molecule has 0 saturated carbocycles. The molecule has 0 spiro atoms. The van der Waals surface area contributed by atoms with Gasteiger partial charge in [0.2, 0.25) is 0 Å². The minimum Gasteiger partial charge on any atom is -0.381 e. The molecule has 2 aromatic rings. The standard InChI is InChI=1S/C19H18N2O3S/c22-18(20-10-12-7-8-24-11-12)13-5-6-17-15(9-13)21-19(23)14-3-1-2-4-16(14)25-17/h1-6,9,12H,7-8,10-11H2,(H,20,22)(H,21,23). The average molecular weight is 354 g/mol. The molecule has 1 saturated heterocycles. The largest absolute Gasteiger partial charge is 0.381 e. The lowest BCUT2D eigenvalue weighted by molar-refractivity contribution is 0.0943. The van der Waals surface area contributed by atoms with Crippen molar-refractivity contribution in [3.8, 4) is 0 Å². The molecule has 4 rings (SSSR count). The first-order valence-corrected chi connectivity index (χ1v) is 9.10. The molecule has 2 aliphatic heterocycles. The highest BCUT2D eigenvalue weighted by Gasteiger charge is 2.21. The first-order valence-electron chi connectivity index (χ1n) is 8.29. The third-order valence-electron chi connectivity index (χ3n) is 4.42. The van der Waals surface area contributed by atoms with Gasteiger partial charge in [-0.1, -0.05) is 23.9 Å². The van der Waals surface area contributed by atoms with Crippen LogP contribution in [0.5, 0.6) is 0 Å². The second-order valence-electron chi connectivity index (χ2n) is 6.20. The summed E-state index contributed by atoms with van der Waals surface area (Å²) in [6.45, 7) is 2.08. The SMILES string of the molecule is O=C(NCC1CCOC1)c1ccc2c(c1)NC(=O)c1ccccc1S2. The van der Waals surface area contributed by atoms with Crippen LogP contribution in [0.2, 0.25) is 0 Å². The Bertz CT molecular complexity index is 831. The summed E-state index contributed by atoms with van der Waals surface area (Å²) in [5.74, 6) is 0.104. The van der Waals surface area contributed by atoms with Crippen LogP contribution in [-0.4, -0.2) is 31.6 Å². The van der Waals surface area contributed by atoms with Crippen molar-refractivity contribution in [1.82, 2.24) is 5.32 Å². The quantitative estimate of drug-likeness (QED) is 0.888. The summed E-state index contributed by atoms with van der Waals surface area (Å²) in [4.78, 5) is 26.7. The van der Waals surface area contributed by atoms with E-state index in [0.717, 1.165) is 22.8 Å². The van der Waals surface area contributed by atoms with Crippen molar-refractivity contribution in [2.75, 3.05) is 25.1 Å². The van der Waals surface area contributed by atoms with Crippen molar-refractivity contribution in [1.29, 1.82) is 0 Å². The fraction of sp³-hybridized carbons (Fsp3) is 0.263. The Morgan fingerprint density at radius 1 is 1.24 bits per heavy atom. The number of rotatable bonds is 3. The second kappa shape index (κ2) is 6.90. The zero-order chi connectivity index (χ0) is 17.2. The van der Waals surface area contributed by atoms with E-state index in [1.165, 1.54) is 11.8 Å². The van der Waals surface area contributed by atoms with E-state index in [0.29, 0.717) is 35.9 Å². The van der Waals surface area contributed by atoms with Crippen molar-refractivity contribution in [2.45, 2.75) is 16.2 Å². The Labute approximate surface area is 150 Å². The van der Waals surface area contributed by atoms with Crippen LogP contribution in [0.1, 0.15) is 27.1 Å². The number of benzene rings is 2. The molecule has 2 N–H and O–H groups in total. The molecule has 2 heterocycles. The fourth-order valence-corrected chi connectivity index (χ4v) is 4.00. The van der Waals surface area contributed by atoms with Gasteiger partial charge in [0, 0.05) is 34.4 Å². The Morgan fingerprint density at radius 2 is 2.12 bits per heavy atom. The van der Waals surface area contributed by atoms with E-state index >= 15 is 0 Å². The monoisotopic (exact) mass is 354 g/mol. The summed E-state index contributed by atoms with van der Waals surface area (Å²) in [5.41, 5.74) is 1.86. The lowest BCUT2D eigenvalue weighted by Gasteiger charge is -2.11. The van der Waals surface area contributed by atoms with E-state index in [9.17, 15) is 9.59 Å². The van der Waals surface area contributed by atoms with Crippen molar-refractivity contribution < 1.29 is 14.3 Å². The van der Waals surface area contributed by atoms with E-state index in [1.54, 1.807) is 18.2 Å². The van der Waals surface area contributed by atoms with Gasteiger partial charge in [-0.05, 0) is 36.8 Å². The van der Waals surface area contributed by atoms with Gasteiger partial charge in [-0.3, -0.25) is 9.59 Å². The van der Waals surface area contributed by atoms with E-state index in [1.807, 2.05) is 24.3 Å². The lowest BCUT2D eigenvalue weighted by Crippen LogP contribution is -2.29. The highest BCUT2D eigenvalue weighted by atomic mass is 32.2. The van der Waals surface area contributed by atoms with Crippen LogP contribution in [0, 0.1) is 5.92 Å². The predicted octanol–water partition coefficient (Wildman–Crippen LogP) is 3.17. The van der Waals surface area contributed by atoms with Gasteiger partial charge < -0.3 is 15.4 Å². The van der Waals surface area contributed by atoms with Gasteiger partial charge >= 0.3 is 0 Å². The van der Waals surface area contributed by atoms with Crippen molar-refractivity contribution in [2.24, 2.45) is 5.92 Å². The third-order valence-corrected chi connectivity index (χ3v) is 5.57. The van der Waals surface area contributed by atoms with E-state index in [4.69, 9.17) is 4.74 Å². The highest BCUT2D eigenvalue weighted by Crippen LogP contribution is 2.38. The smallest absolute Gasteiger partial charge is 0.256 e. The first kappa shape index (κ1) is 16.2. The fourth-order valence-electron chi connectivity index (χ4n) is 2.99. The average Bonchev–Trinajstić information content (AvgIpc) is 3.10. The normalized spacial score (nSPS) is 18.7. The number of carbonyl (C=O) groups excluding carboxylic acids is 2. The zero-order valence-electron chi connectivity index (χ0n) is 13.6. The number of nitrogens with one attached hydrogen (secondary N) is 2. The molecule has 0 bridgehead atoms. The number of hydrogen-bond donors (Lipinski definition) is 2. The Hall–Kier alpha value is -2.31. The molecular weight excluding hydrogens is 336 g/mol. The van der Waals surface area contributed by atoms with Gasteiger partial charge in [0.05, 0.1) is 17.9 Å². The zero-order valence-corrected chi connectivity index (χ0v) is 14.4. The maximum atomic E-state index is 12.4. The van der Waals surface area contributed by atoms with Crippen molar-refractivity contribution in [3.63, 3.8) is 0 Å². The lowest BCUT2D eigenvalue weighted by atomic mass is 10.1. The maximum absolute atomic E-state index is 12.4. The van der Waals surface area contributed by atoms with E-state index < -0.39 is 0 Å². The minimum absolute atomic E-state index is 0.129. The van der Waals surface area contributed by atoms with Gasteiger partial charge in [0.15, 0.2) is 0 Å². The van der Waals surface area contributed by atoms with Gasteiger partial charge in [-0.15, -0.1) is 0 Å². The first-order chi connectivity index (χ1) is 12.2. The van der Waals surface area contributed by atoms with Crippen LogP contribution in [0.4, 0.5) is 5.69 Å². The summed E-state index contributed by atoms with van der Waals surface area (Å²) < 4.78 is 5.32. The molecular formula is C19H18N2O3S. The number of hydrogen-bond acceptors (Lipinski definition) is 4. The second-order valence-corrected chi connectivity index (χ2v) is 7.29. The molecule has 2 aromatic carbocycles. The summed E-state index contributed by atoms with van der Waals surface area (Å²) in [6, 6.07) is 12.9. The molecule has 2 aliphatic rings. The van der Waals surface area contributed by atoms with E-state index in [-0.39, 0.29) is 11.8 Å². The summed E-state index contributed by atoms with van der Waals surface area (Å²) in [7, 11) is 0. The molecule has 0 aromatic heterocycles. The Balaban J connectivity index is 1.53. The number of fused-ring (bicyclic) bond motifs is 2. The Kier molecular flexibility index (Phi) is 4.46. The predicted molar refractivity (Wildman–Crippen MR) is 96.2 cm³/mol. The molecule has 6 heteroatoms. The number of ether oxygens (including phenoxy) is 1. The summed E-state index contributed by atoms with van der Waals surface area (Å²) >= 11 is 1.53. The summed E-state index contributed by atoms with van der Waals surface area (Å²) in [5, 5.41) is 5.86. The van der Waals surface area contributed by atoms with Crippen LogP contribution >= 0.6 is 11.8 Å². The Morgan fingerprint density at radius 3 is 2.96 bits per heavy atom. The topological polar surface area (TPSA) is 67.4 Å².